The number of nitrogens with zero attached hydrogens (tertiary/aromatic N) is 1. The van der Waals surface area contributed by atoms with Gasteiger partial charge in [0.15, 0.2) is 0 Å². The van der Waals surface area contributed by atoms with Gasteiger partial charge in [-0.15, -0.1) is 0 Å². The Kier molecular flexibility index (Phi) is 7.22. The number of ether oxygens (including phenoxy) is 1. The molecule has 0 heterocycles. The van der Waals surface area contributed by atoms with Crippen molar-refractivity contribution in [2.45, 2.75) is 25.6 Å². The van der Waals surface area contributed by atoms with E-state index in [1.165, 1.54) is 0 Å². The summed E-state index contributed by atoms with van der Waals surface area (Å²) in [5.74, 6) is -0.0547. The summed E-state index contributed by atoms with van der Waals surface area (Å²) in [6.07, 6.45) is -0.589. The zero-order valence-electron chi connectivity index (χ0n) is 12.4. The summed E-state index contributed by atoms with van der Waals surface area (Å²) in [6.45, 7) is 2.99. The highest BCUT2D eigenvalue weighted by Gasteiger charge is 2.19. The highest BCUT2D eigenvalue weighted by atomic mass is 16.5. The van der Waals surface area contributed by atoms with Crippen LogP contribution >= 0.6 is 0 Å². The number of nitrogens with one attached hydrogen (secondary N) is 1. The van der Waals surface area contributed by atoms with E-state index in [4.69, 9.17) is 4.74 Å². The Morgan fingerprint density at radius 3 is 2.65 bits per heavy atom. The van der Waals surface area contributed by atoms with Crippen molar-refractivity contribution in [1.29, 1.82) is 0 Å². The summed E-state index contributed by atoms with van der Waals surface area (Å²) in [7, 11) is 3.35. The van der Waals surface area contributed by atoms with Crippen LogP contribution in [0.4, 0.5) is 0 Å². The predicted octanol–water partition coefficient (Wildman–Crippen LogP) is 0.630. The Morgan fingerprint density at radius 2 is 2.05 bits per heavy atom. The van der Waals surface area contributed by atoms with E-state index < -0.39 is 6.10 Å². The first-order chi connectivity index (χ1) is 9.54. The molecule has 0 aliphatic carbocycles. The normalized spacial score (nSPS) is 14.1. The zero-order chi connectivity index (χ0) is 15.0. The molecule has 112 valence electrons. The second-order valence-electron chi connectivity index (χ2n) is 4.93. The average Bonchev–Trinajstić information content (AvgIpc) is 2.45. The molecule has 2 N–H and O–H groups in total. The quantitative estimate of drug-likeness (QED) is 0.733. The Bertz CT molecular complexity index is 397. The fourth-order valence-corrected chi connectivity index (χ4v) is 1.87. The number of carbonyl (C=O) groups is 1. The standard InChI is InChI=1S/C15H24N2O3/c1-12(17(2)10-14(18)11-20-3)15(19)16-9-13-7-5-4-6-8-13/h4-8,12,14,18H,9-11H2,1-3H3,(H,16,19). The van der Waals surface area contributed by atoms with Crippen molar-refractivity contribution in [2.24, 2.45) is 0 Å². The topological polar surface area (TPSA) is 61.8 Å². The van der Waals surface area contributed by atoms with Gasteiger partial charge >= 0.3 is 0 Å². The minimum Gasteiger partial charge on any atom is -0.389 e. The van der Waals surface area contributed by atoms with Crippen molar-refractivity contribution in [3.05, 3.63) is 35.9 Å². The van der Waals surface area contributed by atoms with Crippen LogP contribution in [0.25, 0.3) is 0 Å². The van der Waals surface area contributed by atoms with Crippen LogP contribution in [0.5, 0.6) is 0 Å². The molecule has 0 aromatic heterocycles. The van der Waals surface area contributed by atoms with Gasteiger partial charge in [0.25, 0.3) is 0 Å². The highest BCUT2D eigenvalue weighted by molar-refractivity contribution is 5.81. The minimum atomic E-state index is -0.589. The molecule has 20 heavy (non-hydrogen) atoms. The molecule has 1 aromatic rings. The van der Waals surface area contributed by atoms with Crippen LogP contribution in [0, 0.1) is 0 Å². The van der Waals surface area contributed by atoms with Gasteiger partial charge in [0, 0.05) is 20.2 Å². The molecule has 5 heteroatoms. The molecule has 1 aromatic carbocycles. The third-order valence-electron chi connectivity index (χ3n) is 3.21. The number of aliphatic hydroxyl groups excluding tert-OH is 1. The van der Waals surface area contributed by atoms with E-state index in [-0.39, 0.29) is 18.6 Å². The Balaban J connectivity index is 2.38. The first-order valence-electron chi connectivity index (χ1n) is 6.73. The summed E-state index contributed by atoms with van der Waals surface area (Å²) in [6, 6.07) is 9.47. The molecule has 0 spiro atoms. The lowest BCUT2D eigenvalue weighted by molar-refractivity contribution is -0.126. The molecule has 1 amide bonds. The Morgan fingerprint density at radius 1 is 1.40 bits per heavy atom. The number of amides is 1. The van der Waals surface area contributed by atoms with E-state index in [0.29, 0.717) is 13.1 Å². The van der Waals surface area contributed by atoms with Crippen molar-refractivity contribution in [3.63, 3.8) is 0 Å². The minimum absolute atomic E-state index is 0.0547. The van der Waals surface area contributed by atoms with Crippen LogP contribution in [0.3, 0.4) is 0 Å². The van der Waals surface area contributed by atoms with Gasteiger partial charge < -0.3 is 15.2 Å². The van der Waals surface area contributed by atoms with Crippen LogP contribution in [-0.4, -0.2) is 55.4 Å². The molecule has 2 unspecified atom stereocenters. The van der Waals surface area contributed by atoms with Gasteiger partial charge in [-0.1, -0.05) is 30.3 Å². The van der Waals surface area contributed by atoms with Crippen LogP contribution in [0.2, 0.25) is 0 Å². The van der Waals surface area contributed by atoms with Crippen molar-refractivity contribution in [2.75, 3.05) is 27.3 Å². The molecule has 0 saturated heterocycles. The number of benzene rings is 1. The highest BCUT2D eigenvalue weighted by Crippen LogP contribution is 2.01. The molecule has 1 rings (SSSR count). The van der Waals surface area contributed by atoms with E-state index in [9.17, 15) is 9.90 Å². The number of methoxy groups -OCH3 is 1. The van der Waals surface area contributed by atoms with Crippen LogP contribution in [0.1, 0.15) is 12.5 Å². The summed E-state index contributed by atoms with van der Waals surface area (Å²) < 4.78 is 4.87. The summed E-state index contributed by atoms with van der Waals surface area (Å²) >= 11 is 0. The first kappa shape index (κ1) is 16.6. The van der Waals surface area contributed by atoms with Crippen LogP contribution in [-0.2, 0) is 16.1 Å². The molecule has 0 aliphatic heterocycles. The molecule has 0 bridgehead atoms. The van der Waals surface area contributed by atoms with Crippen molar-refractivity contribution in [1.82, 2.24) is 10.2 Å². The molecular formula is C15H24N2O3. The number of rotatable bonds is 8. The lowest BCUT2D eigenvalue weighted by Gasteiger charge is -2.25. The van der Waals surface area contributed by atoms with Crippen molar-refractivity contribution in [3.8, 4) is 0 Å². The van der Waals surface area contributed by atoms with Gasteiger partial charge in [-0.05, 0) is 19.5 Å². The monoisotopic (exact) mass is 280 g/mol. The Hall–Kier alpha value is -1.43. The average molecular weight is 280 g/mol. The smallest absolute Gasteiger partial charge is 0.237 e. The lowest BCUT2D eigenvalue weighted by Crippen LogP contribution is -2.46. The van der Waals surface area contributed by atoms with Gasteiger partial charge in [0.05, 0.1) is 18.8 Å². The predicted molar refractivity (Wildman–Crippen MR) is 78.3 cm³/mol. The molecular weight excluding hydrogens is 256 g/mol. The molecule has 0 radical (unpaired) electrons. The lowest BCUT2D eigenvalue weighted by atomic mass is 10.2. The number of likely N-dealkylation sites (N-methyl/N-ethyl adjacent to an activating group) is 1. The molecule has 0 saturated carbocycles. The maximum atomic E-state index is 12.0. The van der Waals surface area contributed by atoms with Gasteiger partial charge in [-0.25, -0.2) is 0 Å². The summed E-state index contributed by atoms with van der Waals surface area (Å²) in [5.41, 5.74) is 1.06. The number of aliphatic hydroxyl groups is 1. The van der Waals surface area contributed by atoms with Gasteiger partial charge in [0.1, 0.15) is 0 Å². The zero-order valence-corrected chi connectivity index (χ0v) is 12.4. The number of hydrogen-bond acceptors (Lipinski definition) is 4. The number of hydrogen-bond donors (Lipinski definition) is 2. The largest absolute Gasteiger partial charge is 0.389 e. The third kappa shape index (κ3) is 5.69. The molecule has 0 fully saturated rings. The van der Waals surface area contributed by atoms with E-state index in [2.05, 4.69) is 5.32 Å². The Labute approximate surface area is 120 Å². The molecule has 2 atom stereocenters. The fourth-order valence-electron chi connectivity index (χ4n) is 1.87. The van der Waals surface area contributed by atoms with Crippen molar-refractivity contribution >= 4 is 5.91 Å². The first-order valence-corrected chi connectivity index (χ1v) is 6.73. The van der Waals surface area contributed by atoms with Gasteiger partial charge in [-0.3, -0.25) is 9.69 Å². The second-order valence-corrected chi connectivity index (χ2v) is 4.93. The van der Waals surface area contributed by atoms with Crippen molar-refractivity contribution < 1.29 is 14.6 Å². The summed E-state index contributed by atoms with van der Waals surface area (Å²) in [4.78, 5) is 13.8. The van der Waals surface area contributed by atoms with E-state index in [1.54, 1.807) is 7.11 Å². The molecule has 5 nitrogen and oxygen atoms in total. The maximum Gasteiger partial charge on any atom is 0.237 e. The van der Waals surface area contributed by atoms with Crippen LogP contribution in [0.15, 0.2) is 30.3 Å². The fraction of sp³-hybridized carbons (Fsp3) is 0.533. The van der Waals surface area contributed by atoms with Crippen LogP contribution < -0.4 is 5.32 Å². The third-order valence-corrected chi connectivity index (χ3v) is 3.21. The second kappa shape index (κ2) is 8.68. The van der Waals surface area contributed by atoms with Gasteiger partial charge in [-0.2, -0.15) is 0 Å². The number of carbonyl (C=O) groups excluding carboxylic acids is 1. The maximum absolute atomic E-state index is 12.0. The van der Waals surface area contributed by atoms with E-state index in [1.807, 2.05) is 49.2 Å². The van der Waals surface area contributed by atoms with Gasteiger partial charge in [0.2, 0.25) is 5.91 Å². The van der Waals surface area contributed by atoms with E-state index >= 15 is 0 Å². The van der Waals surface area contributed by atoms with E-state index in [0.717, 1.165) is 5.56 Å². The molecule has 0 aliphatic rings. The SMILES string of the molecule is COCC(O)CN(C)C(C)C(=O)NCc1ccccc1. The summed E-state index contributed by atoms with van der Waals surface area (Å²) in [5, 5.41) is 12.6.